The Kier molecular flexibility index (Phi) is 4.47. The van der Waals surface area contributed by atoms with Gasteiger partial charge in [0.25, 0.3) is 0 Å². The summed E-state index contributed by atoms with van der Waals surface area (Å²) < 4.78 is 11.4. The fraction of sp³-hybridized carbons (Fsp3) is 0.500. The fourth-order valence-electron chi connectivity index (χ4n) is 2.45. The minimum Gasteiger partial charge on any atom is -0.496 e. The number of methoxy groups -OCH3 is 1. The van der Waals surface area contributed by atoms with Gasteiger partial charge in [-0.1, -0.05) is 6.07 Å². The molecule has 0 radical (unpaired) electrons. The predicted molar refractivity (Wildman–Crippen MR) is 74.5 cm³/mol. The van der Waals surface area contributed by atoms with Crippen LogP contribution in [0.25, 0.3) is 0 Å². The molecule has 1 aromatic carbocycles. The van der Waals surface area contributed by atoms with E-state index < -0.39 is 11.4 Å². The number of carboxylic acids is 1. The summed E-state index contributed by atoms with van der Waals surface area (Å²) in [5.74, 6) is -0.0350. The number of hydrogen-bond acceptors (Lipinski definition) is 3. The van der Waals surface area contributed by atoms with Gasteiger partial charge < -0.3 is 14.6 Å². The highest BCUT2D eigenvalue weighted by Crippen LogP contribution is 2.35. The summed E-state index contributed by atoms with van der Waals surface area (Å²) in [6, 6.07) is 5.67. The third-order valence-corrected chi connectivity index (χ3v) is 4.15. The molecule has 0 amide bonds. The van der Waals surface area contributed by atoms with Crippen LogP contribution in [0.2, 0.25) is 0 Å². The molecule has 1 fully saturated rings. The van der Waals surface area contributed by atoms with Gasteiger partial charge >= 0.3 is 5.97 Å². The van der Waals surface area contributed by atoms with Gasteiger partial charge in [-0.15, -0.1) is 0 Å². The molecule has 19 heavy (non-hydrogen) atoms. The second-order valence-corrected chi connectivity index (χ2v) is 5.74. The Labute approximate surface area is 120 Å². The van der Waals surface area contributed by atoms with Crippen molar-refractivity contribution in [2.45, 2.75) is 19.3 Å². The number of benzene rings is 1. The van der Waals surface area contributed by atoms with Gasteiger partial charge in [0.2, 0.25) is 0 Å². The maximum absolute atomic E-state index is 11.6. The van der Waals surface area contributed by atoms with Crippen molar-refractivity contribution in [2.75, 3.05) is 20.3 Å². The van der Waals surface area contributed by atoms with Crippen molar-refractivity contribution in [3.63, 3.8) is 0 Å². The molecule has 0 aliphatic carbocycles. The van der Waals surface area contributed by atoms with E-state index in [0.717, 1.165) is 22.2 Å². The van der Waals surface area contributed by atoms with Gasteiger partial charge in [0.1, 0.15) is 5.75 Å². The summed E-state index contributed by atoms with van der Waals surface area (Å²) in [5.41, 5.74) is 0.173. The number of ether oxygens (including phenoxy) is 2. The first-order valence-corrected chi connectivity index (χ1v) is 7.00. The van der Waals surface area contributed by atoms with Crippen molar-refractivity contribution in [3.8, 4) is 5.75 Å². The van der Waals surface area contributed by atoms with Gasteiger partial charge in [0.05, 0.1) is 23.6 Å². The largest absolute Gasteiger partial charge is 0.496 e. The van der Waals surface area contributed by atoms with Crippen molar-refractivity contribution in [1.29, 1.82) is 0 Å². The Bertz CT molecular complexity index is 467. The predicted octanol–water partition coefficient (Wildman–Crippen LogP) is 2.88. The number of rotatable bonds is 4. The van der Waals surface area contributed by atoms with Gasteiger partial charge in [-0.3, -0.25) is 4.79 Å². The van der Waals surface area contributed by atoms with Crippen LogP contribution in [0.4, 0.5) is 0 Å². The monoisotopic (exact) mass is 328 g/mol. The lowest BCUT2D eigenvalue weighted by atomic mass is 9.77. The normalized spacial score (nSPS) is 23.1. The van der Waals surface area contributed by atoms with Crippen LogP contribution in [0.1, 0.15) is 18.4 Å². The highest BCUT2D eigenvalue weighted by atomic mass is 79.9. The molecule has 0 bridgehead atoms. The van der Waals surface area contributed by atoms with Crippen LogP contribution in [0, 0.1) is 5.41 Å². The molecule has 1 unspecified atom stereocenters. The molecule has 2 rings (SSSR count). The molecule has 0 aromatic heterocycles. The standard InChI is InChI=1S/C14H17BrO4/c1-18-12-4-3-10(7-11(12)15)8-14(13(16)17)5-2-6-19-9-14/h3-4,7H,2,5-6,8-9H2,1H3,(H,16,17). The number of carbonyl (C=O) groups is 1. The first-order valence-electron chi connectivity index (χ1n) is 6.21. The zero-order chi connectivity index (χ0) is 13.9. The molecule has 0 spiro atoms. The molecular formula is C14H17BrO4. The molecule has 0 saturated carbocycles. The summed E-state index contributed by atoms with van der Waals surface area (Å²) in [6.45, 7) is 0.938. The molecule has 1 saturated heterocycles. The van der Waals surface area contributed by atoms with Crippen LogP contribution in [0.15, 0.2) is 22.7 Å². The maximum atomic E-state index is 11.6. The van der Waals surface area contributed by atoms with E-state index in [0.29, 0.717) is 19.4 Å². The van der Waals surface area contributed by atoms with E-state index in [2.05, 4.69) is 15.9 Å². The minimum absolute atomic E-state index is 0.284. The van der Waals surface area contributed by atoms with E-state index in [4.69, 9.17) is 9.47 Å². The van der Waals surface area contributed by atoms with E-state index in [-0.39, 0.29) is 6.61 Å². The van der Waals surface area contributed by atoms with Crippen LogP contribution in [0.5, 0.6) is 5.75 Å². The van der Waals surface area contributed by atoms with Crippen LogP contribution in [-0.4, -0.2) is 31.4 Å². The van der Waals surface area contributed by atoms with Crippen LogP contribution >= 0.6 is 15.9 Å². The molecule has 4 nitrogen and oxygen atoms in total. The van der Waals surface area contributed by atoms with E-state index in [9.17, 15) is 9.90 Å². The summed E-state index contributed by atoms with van der Waals surface area (Å²) in [7, 11) is 1.60. The summed E-state index contributed by atoms with van der Waals surface area (Å²) in [6.07, 6.45) is 1.93. The van der Waals surface area contributed by atoms with Gasteiger partial charge in [-0.25, -0.2) is 0 Å². The van der Waals surface area contributed by atoms with Gasteiger partial charge in [-0.05, 0) is 52.9 Å². The van der Waals surface area contributed by atoms with Gasteiger partial charge in [0, 0.05) is 6.61 Å². The Balaban J connectivity index is 2.22. The molecule has 1 aliphatic heterocycles. The van der Waals surface area contributed by atoms with E-state index >= 15 is 0 Å². The lowest BCUT2D eigenvalue weighted by Gasteiger charge is -2.33. The minimum atomic E-state index is -0.799. The number of hydrogen-bond donors (Lipinski definition) is 1. The van der Waals surface area contributed by atoms with Crippen LogP contribution in [-0.2, 0) is 16.0 Å². The van der Waals surface area contributed by atoms with E-state index in [1.54, 1.807) is 7.11 Å². The number of halogens is 1. The van der Waals surface area contributed by atoms with Crippen molar-refractivity contribution >= 4 is 21.9 Å². The molecule has 1 N–H and O–H groups in total. The summed E-state index contributed by atoms with van der Waals surface area (Å²) in [5, 5.41) is 9.50. The zero-order valence-electron chi connectivity index (χ0n) is 10.8. The van der Waals surface area contributed by atoms with E-state index in [1.165, 1.54) is 0 Å². The van der Waals surface area contributed by atoms with Crippen molar-refractivity contribution in [1.82, 2.24) is 0 Å². The van der Waals surface area contributed by atoms with Crippen LogP contribution < -0.4 is 4.74 Å². The van der Waals surface area contributed by atoms with Crippen molar-refractivity contribution < 1.29 is 19.4 Å². The lowest BCUT2D eigenvalue weighted by molar-refractivity contribution is -0.157. The first kappa shape index (κ1) is 14.3. The summed E-state index contributed by atoms with van der Waals surface area (Å²) >= 11 is 3.42. The van der Waals surface area contributed by atoms with E-state index in [1.807, 2.05) is 18.2 Å². The topological polar surface area (TPSA) is 55.8 Å². The number of carboxylic acid groups (broad SMARTS) is 1. The molecule has 1 atom stereocenters. The quantitative estimate of drug-likeness (QED) is 0.923. The average molecular weight is 329 g/mol. The molecule has 5 heteroatoms. The van der Waals surface area contributed by atoms with Crippen molar-refractivity contribution in [2.24, 2.45) is 5.41 Å². The average Bonchev–Trinajstić information content (AvgIpc) is 2.40. The Morgan fingerprint density at radius 2 is 2.37 bits per heavy atom. The second kappa shape index (κ2) is 5.92. The van der Waals surface area contributed by atoms with Crippen molar-refractivity contribution in [3.05, 3.63) is 28.2 Å². The number of aliphatic carboxylic acids is 1. The fourth-order valence-corrected chi connectivity index (χ4v) is 3.03. The Morgan fingerprint density at radius 3 is 2.89 bits per heavy atom. The third-order valence-electron chi connectivity index (χ3n) is 3.53. The van der Waals surface area contributed by atoms with Gasteiger partial charge in [-0.2, -0.15) is 0 Å². The Morgan fingerprint density at radius 1 is 1.58 bits per heavy atom. The molecular weight excluding hydrogens is 312 g/mol. The Hall–Kier alpha value is -1.07. The third kappa shape index (κ3) is 3.09. The maximum Gasteiger partial charge on any atom is 0.312 e. The second-order valence-electron chi connectivity index (χ2n) is 4.89. The molecule has 104 valence electrons. The highest BCUT2D eigenvalue weighted by Gasteiger charge is 2.40. The smallest absolute Gasteiger partial charge is 0.312 e. The SMILES string of the molecule is COc1ccc(CC2(C(=O)O)CCCOC2)cc1Br. The lowest BCUT2D eigenvalue weighted by Crippen LogP contribution is -2.41. The summed E-state index contributed by atoms with van der Waals surface area (Å²) in [4.78, 5) is 11.6. The molecule has 1 heterocycles. The van der Waals surface area contributed by atoms with Crippen LogP contribution in [0.3, 0.4) is 0 Å². The van der Waals surface area contributed by atoms with Gasteiger partial charge in [0.15, 0.2) is 0 Å². The zero-order valence-corrected chi connectivity index (χ0v) is 12.4. The highest BCUT2D eigenvalue weighted by molar-refractivity contribution is 9.10. The molecule has 1 aliphatic rings. The first-order chi connectivity index (χ1) is 9.07. The molecule has 1 aromatic rings.